The number of hydrogen-bond acceptors (Lipinski definition) is 3. The summed E-state index contributed by atoms with van der Waals surface area (Å²) in [6.07, 6.45) is 1.98. The van der Waals surface area contributed by atoms with Gasteiger partial charge < -0.3 is 30.9 Å². The molecule has 0 saturated carbocycles. The monoisotopic (exact) mass is 326 g/mol. The van der Waals surface area contributed by atoms with Crippen LogP contribution in [0, 0.1) is 11.3 Å². The van der Waals surface area contributed by atoms with Crippen molar-refractivity contribution in [3.63, 3.8) is 0 Å². The van der Waals surface area contributed by atoms with Crippen LogP contribution in [0.25, 0.3) is 0 Å². The molecule has 23 heavy (non-hydrogen) atoms. The number of carboxylic acid groups (broad SMARTS) is 1. The third-order valence-corrected chi connectivity index (χ3v) is 4.62. The Hall–Kier alpha value is -2.19. The molecule has 0 unspecified atom stereocenters. The summed E-state index contributed by atoms with van der Waals surface area (Å²) in [5.74, 6) is 0.687. The van der Waals surface area contributed by atoms with Crippen molar-refractivity contribution in [3.8, 4) is 0 Å². The molecule has 2 heterocycles. The fraction of sp³-hybridized carbons (Fsp3) is 0.786. The summed E-state index contributed by atoms with van der Waals surface area (Å²) in [5.41, 5.74) is 5.47. The molecule has 2 rings (SSSR count). The fourth-order valence-corrected chi connectivity index (χ4v) is 3.06. The van der Waals surface area contributed by atoms with Crippen molar-refractivity contribution in [2.75, 3.05) is 45.8 Å². The number of rotatable bonds is 3. The number of nitrogens with two attached hydrogens (primary N) is 1. The molecule has 0 aliphatic carbocycles. The van der Waals surface area contributed by atoms with Crippen molar-refractivity contribution in [1.82, 2.24) is 20.0 Å². The minimum atomic E-state index is -0.929. The topological polar surface area (TPSA) is 126 Å². The van der Waals surface area contributed by atoms with Crippen LogP contribution in [0.1, 0.15) is 19.3 Å². The Morgan fingerprint density at radius 3 is 2.13 bits per heavy atom. The Labute approximate surface area is 135 Å². The number of hydrogen-bond donors (Lipinski definition) is 4. The summed E-state index contributed by atoms with van der Waals surface area (Å²) in [7, 11) is 0. The summed E-state index contributed by atoms with van der Waals surface area (Å²) in [4.78, 5) is 27.7. The quantitative estimate of drug-likeness (QED) is 0.428. The first-order chi connectivity index (χ1) is 11.0. The van der Waals surface area contributed by atoms with Crippen LogP contribution >= 0.6 is 0 Å². The minimum Gasteiger partial charge on any atom is -0.465 e. The fourth-order valence-electron chi connectivity index (χ4n) is 3.06. The van der Waals surface area contributed by atoms with Crippen LogP contribution in [0.5, 0.6) is 0 Å². The van der Waals surface area contributed by atoms with E-state index in [0.29, 0.717) is 38.6 Å². The smallest absolute Gasteiger partial charge is 0.407 e. The van der Waals surface area contributed by atoms with Crippen molar-refractivity contribution in [1.29, 1.82) is 5.41 Å². The average Bonchev–Trinajstić information content (AvgIpc) is 2.55. The molecule has 0 radical (unpaired) electrons. The second-order valence-corrected chi connectivity index (χ2v) is 6.09. The van der Waals surface area contributed by atoms with Gasteiger partial charge in [-0.3, -0.25) is 5.41 Å². The van der Waals surface area contributed by atoms with Gasteiger partial charge in [0.1, 0.15) is 0 Å². The van der Waals surface area contributed by atoms with Gasteiger partial charge in [-0.05, 0) is 25.2 Å². The molecule has 0 aromatic rings. The van der Waals surface area contributed by atoms with Crippen LogP contribution in [0.15, 0.2) is 0 Å². The SMILES string of the molecule is N=C(N)N1CCC(CCNC(=O)N2CCN(C(=O)O)CC2)CC1. The Morgan fingerprint density at radius 2 is 1.61 bits per heavy atom. The average molecular weight is 326 g/mol. The molecule has 130 valence electrons. The molecule has 2 aliphatic heterocycles. The van der Waals surface area contributed by atoms with Crippen LogP contribution in [0.4, 0.5) is 9.59 Å². The van der Waals surface area contributed by atoms with Gasteiger partial charge in [0.15, 0.2) is 5.96 Å². The van der Waals surface area contributed by atoms with E-state index in [-0.39, 0.29) is 12.0 Å². The predicted molar refractivity (Wildman–Crippen MR) is 85.4 cm³/mol. The zero-order valence-electron chi connectivity index (χ0n) is 13.3. The van der Waals surface area contributed by atoms with E-state index in [2.05, 4.69) is 5.32 Å². The van der Waals surface area contributed by atoms with Gasteiger partial charge in [-0.2, -0.15) is 0 Å². The number of carbonyl (C=O) groups excluding carboxylic acids is 1. The van der Waals surface area contributed by atoms with E-state index in [1.54, 1.807) is 4.90 Å². The first-order valence-electron chi connectivity index (χ1n) is 8.07. The highest BCUT2D eigenvalue weighted by molar-refractivity contribution is 5.75. The van der Waals surface area contributed by atoms with E-state index in [9.17, 15) is 9.59 Å². The maximum Gasteiger partial charge on any atom is 0.407 e. The van der Waals surface area contributed by atoms with Crippen molar-refractivity contribution in [3.05, 3.63) is 0 Å². The number of piperazine rings is 1. The van der Waals surface area contributed by atoms with Crippen LogP contribution < -0.4 is 11.1 Å². The van der Waals surface area contributed by atoms with Crippen molar-refractivity contribution in [2.24, 2.45) is 11.7 Å². The number of urea groups is 1. The lowest BCUT2D eigenvalue weighted by Gasteiger charge is -2.34. The minimum absolute atomic E-state index is 0.115. The molecule has 9 nitrogen and oxygen atoms in total. The summed E-state index contributed by atoms with van der Waals surface area (Å²) in [6.45, 7) is 3.86. The molecular weight excluding hydrogens is 300 g/mol. The second-order valence-electron chi connectivity index (χ2n) is 6.09. The molecule has 0 aromatic carbocycles. The molecule has 0 atom stereocenters. The third kappa shape index (κ3) is 4.90. The number of likely N-dealkylation sites (tertiary alicyclic amines) is 1. The summed E-state index contributed by atoms with van der Waals surface area (Å²) < 4.78 is 0. The highest BCUT2D eigenvalue weighted by Gasteiger charge is 2.24. The normalized spacial score (nSPS) is 19.6. The van der Waals surface area contributed by atoms with Gasteiger partial charge in [-0.25, -0.2) is 9.59 Å². The molecule has 2 saturated heterocycles. The largest absolute Gasteiger partial charge is 0.465 e. The first kappa shape index (κ1) is 17.2. The highest BCUT2D eigenvalue weighted by Crippen LogP contribution is 2.19. The standard InChI is InChI=1S/C14H26N6O3/c15-12(16)18-5-2-11(3-6-18)1-4-17-13(21)19-7-9-20(10-8-19)14(22)23/h11H,1-10H2,(H3,15,16)(H,17,21)(H,22,23). The summed E-state index contributed by atoms with van der Waals surface area (Å²) in [6, 6.07) is -0.115. The number of amides is 3. The predicted octanol–water partition coefficient (Wildman–Crippen LogP) is -0.0128. The van der Waals surface area contributed by atoms with Gasteiger partial charge in [-0.1, -0.05) is 0 Å². The summed E-state index contributed by atoms with van der Waals surface area (Å²) >= 11 is 0. The van der Waals surface area contributed by atoms with Gasteiger partial charge >= 0.3 is 12.1 Å². The Morgan fingerprint density at radius 1 is 1.04 bits per heavy atom. The van der Waals surface area contributed by atoms with Gasteiger partial charge in [0, 0.05) is 45.8 Å². The van der Waals surface area contributed by atoms with E-state index in [4.69, 9.17) is 16.2 Å². The molecule has 0 aromatic heterocycles. The van der Waals surface area contributed by atoms with Gasteiger partial charge in [0.25, 0.3) is 0 Å². The molecule has 3 amide bonds. The number of carbonyl (C=O) groups is 2. The summed E-state index contributed by atoms with van der Waals surface area (Å²) in [5, 5.41) is 19.2. The van der Waals surface area contributed by atoms with Crippen LogP contribution in [-0.2, 0) is 0 Å². The Balaban J connectivity index is 1.61. The number of nitrogens with one attached hydrogen (secondary N) is 2. The van der Waals surface area contributed by atoms with E-state index in [0.717, 1.165) is 32.4 Å². The van der Waals surface area contributed by atoms with E-state index in [1.165, 1.54) is 4.90 Å². The first-order valence-corrected chi connectivity index (χ1v) is 8.07. The van der Waals surface area contributed by atoms with E-state index in [1.807, 2.05) is 4.90 Å². The zero-order chi connectivity index (χ0) is 16.8. The van der Waals surface area contributed by atoms with Crippen molar-refractivity contribution in [2.45, 2.75) is 19.3 Å². The second kappa shape index (κ2) is 7.89. The van der Waals surface area contributed by atoms with E-state index < -0.39 is 6.09 Å². The van der Waals surface area contributed by atoms with Crippen LogP contribution in [0.2, 0.25) is 0 Å². The maximum atomic E-state index is 12.1. The molecule has 0 bridgehead atoms. The number of nitrogens with zero attached hydrogens (tertiary/aromatic N) is 3. The van der Waals surface area contributed by atoms with Crippen LogP contribution in [0.3, 0.4) is 0 Å². The van der Waals surface area contributed by atoms with E-state index >= 15 is 0 Å². The molecule has 9 heteroatoms. The zero-order valence-corrected chi connectivity index (χ0v) is 13.3. The lowest BCUT2D eigenvalue weighted by Crippen LogP contribution is -2.53. The van der Waals surface area contributed by atoms with Crippen molar-refractivity contribution < 1.29 is 14.7 Å². The molecule has 5 N–H and O–H groups in total. The maximum absolute atomic E-state index is 12.1. The molecule has 2 fully saturated rings. The Bertz CT molecular complexity index is 442. The highest BCUT2D eigenvalue weighted by atomic mass is 16.4. The van der Waals surface area contributed by atoms with Gasteiger partial charge in [0.05, 0.1) is 0 Å². The molecule has 2 aliphatic rings. The van der Waals surface area contributed by atoms with Crippen LogP contribution in [-0.4, -0.2) is 83.7 Å². The lowest BCUT2D eigenvalue weighted by molar-refractivity contribution is 0.111. The number of piperidine rings is 1. The lowest BCUT2D eigenvalue weighted by atomic mass is 9.94. The third-order valence-electron chi connectivity index (χ3n) is 4.62. The van der Waals surface area contributed by atoms with Gasteiger partial charge in [-0.15, -0.1) is 0 Å². The molecule has 0 spiro atoms. The molecular formula is C14H26N6O3. The van der Waals surface area contributed by atoms with Crippen molar-refractivity contribution >= 4 is 18.1 Å². The Kier molecular flexibility index (Phi) is 5.89. The number of guanidine groups is 1. The van der Waals surface area contributed by atoms with Gasteiger partial charge in [0.2, 0.25) is 0 Å².